The molecule has 0 saturated carbocycles. The van der Waals surface area contributed by atoms with Crippen LogP contribution in [0.25, 0.3) is 32.9 Å². The van der Waals surface area contributed by atoms with E-state index in [4.69, 9.17) is 9.97 Å². The minimum Gasteiger partial charge on any atom is -0.356 e. The predicted octanol–water partition coefficient (Wildman–Crippen LogP) is 5.32. The first-order chi connectivity index (χ1) is 16.9. The molecule has 1 aromatic carbocycles. The molecule has 5 rings (SSSR count). The van der Waals surface area contributed by atoms with Crippen LogP contribution in [0.15, 0.2) is 60.1 Å². The second-order valence-electron chi connectivity index (χ2n) is 8.38. The van der Waals surface area contributed by atoms with Gasteiger partial charge in [-0.15, -0.1) is 11.3 Å². The number of carbonyl (C=O) groups excluding carboxylic acids is 1. The van der Waals surface area contributed by atoms with Crippen LogP contribution in [0.4, 0.5) is 19.0 Å². The molecule has 4 aromatic rings. The zero-order valence-corrected chi connectivity index (χ0v) is 19.4. The Morgan fingerprint density at radius 3 is 2.49 bits per heavy atom. The summed E-state index contributed by atoms with van der Waals surface area (Å²) < 4.78 is 37.5. The van der Waals surface area contributed by atoms with Crippen molar-refractivity contribution in [3.05, 3.63) is 60.1 Å². The number of pyridine rings is 1. The second-order valence-corrected chi connectivity index (χ2v) is 9.23. The Morgan fingerprint density at radius 2 is 1.80 bits per heavy atom. The van der Waals surface area contributed by atoms with E-state index in [9.17, 15) is 18.0 Å². The van der Waals surface area contributed by atoms with E-state index < -0.39 is 24.5 Å². The Bertz CT molecular complexity index is 1320. The molecular formula is C25H22F3N5OS. The number of benzene rings is 1. The number of piperidine rings is 1. The fourth-order valence-electron chi connectivity index (χ4n) is 4.28. The van der Waals surface area contributed by atoms with Crippen molar-refractivity contribution >= 4 is 33.3 Å². The van der Waals surface area contributed by atoms with E-state index in [1.807, 2.05) is 53.8 Å². The van der Waals surface area contributed by atoms with Gasteiger partial charge in [0.25, 0.3) is 0 Å². The number of hydrogen-bond donors (Lipinski definition) is 1. The van der Waals surface area contributed by atoms with Gasteiger partial charge in [-0.3, -0.25) is 9.78 Å². The zero-order chi connectivity index (χ0) is 24.4. The lowest BCUT2D eigenvalue weighted by Crippen LogP contribution is -2.43. The number of amides is 1. The fourth-order valence-corrected chi connectivity index (χ4v) is 5.22. The number of nitrogens with zero attached hydrogens (tertiary/aromatic N) is 4. The lowest BCUT2D eigenvalue weighted by molar-refractivity contribution is -0.141. The van der Waals surface area contributed by atoms with Gasteiger partial charge in [0.2, 0.25) is 5.91 Å². The average Bonchev–Trinajstić information content (AvgIpc) is 3.32. The first-order valence-electron chi connectivity index (χ1n) is 11.2. The molecule has 0 atom stereocenters. The van der Waals surface area contributed by atoms with E-state index in [1.165, 1.54) is 11.3 Å². The minimum atomic E-state index is -4.42. The molecule has 10 heteroatoms. The summed E-state index contributed by atoms with van der Waals surface area (Å²) in [4.78, 5) is 29.3. The van der Waals surface area contributed by atoms with Crippen LogP contribution in [-0.2, 0) is 4.79 Å². The molecule has 6 nitrogen and oxygen atoms in total. The van der Waals surface area contributed by atoms with Crippen LogP contribution in [0, 0.1) is 5.92 Å². The van der Waals surface area contributed by atoms with Crippen LogP contribution >= 0.6 is 11.3 Å². The van der Waals surface area contributed by atoms with E-state index in [0.29, 0.717) is 37.4 Å². The van der Waals surface area contributed by atoms with Gasteiger partial charge < -0.3 is 10.2 Å². The molecule has 4 heterocycles. The number of anilines is 1. The molecule has 1 fully saturated rings. The van der Waals surface area contributed by atoms with Crippen molar-refractivity contribution in [1.82, 2.24) is 20.3 Å². The molecule has 1 saturated heterocycles. The maximum Gasteiger partial charge on any atom is 0.405 e. The van der Waals surface area contributed by atoms with Gasteiger partial charge in [0.1, 0.15) is 22.9 Å². The highest BCUT2D eigenvalue weighted by Crippen LogP contribution is 2.40. The number of aromatic nitrogens is 3. The van der Waals surface area contributed by atoms with Crippen molar-refractivity contribution < 1.29 is 18.0 Å². The van der Waals surface area contributed by atoms with Gasteiger partial charge in [-0.1, -0.05) is 36.4 Å². The van der Waals surface area contributed by atoms with Crippen molar-refractivity contribution in [1.29, 1.82) is 0 Å². The first kappa shape index (κ1) is 23.2. The number of rotatable bonds is 5. The summed E-state index contributed by atoms with van der Waals surface area (Å²) in [6.45, 7) is -0.300. The maximum atomic E-state index is 12.5. The Morgan fingerprint density at radius 1 is 1.06 bits per heavy atom. The third kappa shape index (κ3) is 5.12. The van der Waals surface area contributed by atoms with Crippen LogP contribution in [0.5, 0.6) is 0 Å². The number of halogens is 3. The third-order valence-corrected chi connectivity index (χ3v) is 6.89. The zero-order valence-electron chi connectivity index (χ0n) is 18.6. The highest BCUT2D eigenvalue weighted by molar-refractivity contribution is 7.17. The van der Waals surface area contributed by atoms with E-state index in [0.717, 1.165) is 27.2 Å². The number of nitrogens with one attached hydrogen (secondary N) is 1. The maximum absolute atomic E-state index is 12.5. The van der Waals surface area contributed by atoms with E-state index in [1.54, 1.807) is 6.20 Å². The number of thiophene rings is 1. The summed E-state index contributed by atoms with van der Waals surface area (Å²) in [6, 6.07) is 15.6. The SMILES string of the molecule is O=C(NCC(F)(F)F)C1CCN(c2nc(-c3ccccn3)nc3scc(-c4ccccc4)c23)CC1. The number of carbonyl (C=O) groups is 1. The monoisotopic (exact) mass is 497 g/mol. The average molecular weight is 498 g/mol. The van der Waals surface area contributed by atoms with Crippen molar-refractivity contribution in [2.75, 3.05) is 24.5 Å². The smallest absolute Gasteiger partial charge is 0.356 e. The van der Waals surface area contributed by atoms with Crippen LogP contribution in [0.3, 0.4) is 0 Å². The quantitative estimate of drug-likeness (QED) is 0.404. The summed E-state index contributed by atoms with van der Waals surface area (Å²) in [5.74, 6) is 0.256. The van der Waals surface area contributed by atoms with Crippen molar-refractivity contribution in [2.45, 2.75) is 19.0 Å². The predicted molar refractivity (Wildman–Crippen MR) is 130 cm³/mol. The molecular weight excluding hydrogens is 475 g/mol. The Labute approximate surface area is 203 Å². The molecule has 35 heavy (non-hydrogen) atoms. The molecule has 0 aliphatic carbocycles. The molecule has 1 amide bonds. The number of alkyl halides is 3. The summed E-state index contributed by atoms with van der Waals surface area (Å²) in [5.41, 5.74) is 2.74. The molecule has 3 aromatic heterocycles. The van der Waals surface area contributed by atoms with E-state index in [-0.39, 0.29) is 0 Å². The fraction of sp³-hybridized carbons (Fsp3) is 0.280. The molecule has 0 spiro atoms. The molecule has 1 aliphatic rings. The van der Waals surface area contributed by atoms with Gasteiger partial charge in [-0.05, 0) is 30.5 Å². The van der Waals surface area contributed by atoms with Crippen LogP contribution < -0.4 is 10.2 Å². The lowest BCUT2D eigenvalue weighted by atomic mass is 9.95. The minimum absolute atomic E-state index is 0.443. The summed E-state index contributed by atoms with van der Waals surface area (Å²) in [5, 5.41) is 5.02. The highest BCUT2D eigenvalue weighted by atomic mass is 32.1. The van der Waals surface area contributed by atoms with Crippen LogP contribution in [0.1, 0.15) is 12.8 Å². The van der Waals surface area contributed by atoms with Gasteiger partial charge in [-0.2, -0.15) is 13.2 Å². The Balaban J connectivity index is 1.47. The van der Waals surface area contributed by atoms with Crippen molar-refractivity contribution in [3.63, 3.8) is 0 Å². The van der Waals surface area contributed by atoms with Gasteiger partial charge in [0.05, 0.1) is 5.39 Å². The lowest BCUT2D eigenvalue weighted by Gasteiger charge is -2.33. The summed E-state index contributed by atoms with van der Waals surface area (Å²) in [6.07, 6.45) is -1.84. The number of fused-ring (bicyclic) bond motifs is 1. The molecule has 0 bridgehead atoms. The van der Waals surface area contributed by atoms with E-state index >= 15 is 0 Å². The van der Waals surface area contributed by atoms with Crippen molar-refractivity contribution in [3.8, 4) is 22.6 Å². The largest absolute Gasteiger partial charge is 0.405 e. The molecule has 180 valence electrons. The highest BCUT2D eigenvalue weighted by Gasteiger charge is 2.32. The van der Waals surface area contributed by atoms with Crippen molar-refractivity contribution in [2.24, 2.45) is 5.92 Å². The van der Waals surface area contributed by atoms with Gasteiger partial charge >= 0.3 is 6.18 Å². The first-order valence-corrected chi connectivity index (χ1v) is 12.1. The molecule has 1 N–H and O–H groups in total. The Kier molecular flexibility index (Phi) is 6.38. The van der Waals surface area contributed by atoms with Gasteiger partial charge in [0.15, 0.2) is 5.82 Å². The molecule has 0 radical (unpaired) electrons. The van der Waals surface area contributed by atoms with Crippen LogP contribution in [0.2, 0.25) is 0 Å². The van der Waals surface area contributed by atoms with Crippen LogP contribution in [-0.4, -0.2) is 46.7 Å². The second kappa shape index (κ2) is 9.61. The van der Waals surface area contributed by atoms with E-state index in [2.05, 4.69) is 15.3 Å². The summed E-state index contributed by atoms with van der Waals surface area (Å²) >= 11 is 1.53. The Hall–Kier alpha value is -3.53. The third-order valence-electron chi connectivity index (χ3n) is 6.02. The number of hydrogen-bond acceptors (Lipinski definition) is 6. The molecule has 0 unspecified atom stereocenters. The van der Waals surface area contributed by atoms with Gasteiger partial charge in [0, 0.05) is 36.1 Å². The summed E-state index contributed by atoms with van der Waals surface area (Å²) in [7, 11) is 0. The topological polar surface area (TPSA) is 71.0 Å². The van der Waals surface area contributed by atoms with Gasteiger partial charge in [-0.25, -0.2) is 9.97 Å². The normalized spacial score (nSPS) is 14.9. The molecule has 1 aliphatic heterocycles. The standard InChI is InChI=1S/C25H22F3N5OS/c26-25(27,28)15-30-23(34)17-9-12-33(13-10-17)22-20-18(16-6-2-1-3-7-16)14-35-24(20)32-21(31-22)19-8-4-5-11-29-19/h1-8,11,14,17H,9-10,12-13,15H2,(H,30,34).